The van der Waals surface area contributed by atoms with Crippen LogP contribution in [0, 0.1) is 0 Å². The van der Waals surface area contributed by atoms with Crippen LogP contribution in [0.5, 0.6) is 5.75 Å². The number of pyridine rings is 1. The highest BCUT2D eigenvalue weighted by Gasteiger charge is 2.16. The normalized spacial score (nSPS) is 13.2. The summed E-state index contributed by atoms with van der Waals surface area (Å²) in [4.78, 5) is 16.0. The van der Waals surface area contributed by atoms with E-state index in [0.717, 1.165) is 16.9 Å². The van der Waals surface area contributed by atoms with Crippen LogP contribution in [0.3, 0.4) is 0 Å². The zero-order chi connectivity index (χ0) is 15.9. The average molecular weight is 300 g/mol. The van der Waals surface area contributed by atoms with Crippen LogP contribution in [-0.4, -0.2) is 18.1 Å². The molecule has 0 saturated heterocycles. The molecule has 5 nitrogen and oxygen atoms in total. The third-order valence-electron chi connectivity index (χ3n) is 3.39. The zero-order valence-corrected chi connectivity index (χ0v) is 12.7. The molecule has 0 fully saturated rings. The van der Waals surface area contributed by atoms with E-state index < -0.39 is 6.04 Å². The van der Waals surface area contributed by atoms with Crippen molar-refractivity contribution in [1.82, 2.24) is 4.98 Å². The highest BCUT2D eigenvalue weighted by Crippen LogP contribution is 2.22. The van der Waals surface area contributed by atoms with E-state index in [9.17, 15) is 4.79 Å². The molecule has 0 amide bonds. The SMILES string of the molecule is COc1ccc(C(C)OC(=O)CC(N)c2cccnc2)cc1. The van der Waals surface area contributed by atoms with Crippen LogP contribution in [0.25, 0.3) is 0 Å². The van der Waals surface area contributed by atoms with Gasteiger partial charge in [-0.2, -0.15) is 0 Å². The van der Waals surface area contributed by atoms with Gasteiger partial charge in [-0.3, -0.25) is 9.78 Å². The van der Waals surface area contributed by atoms with E-state index in [0.29, 0.717) is 0 Å². The Kier molecular flexibility index (Phi) is 5.49. The molecule has 0 aliphatic rings. The number of ether oxygens (including phenoxy) is 2. The molecule has 2 aromatic rings. The van der Waals surface area contributed by atoms with Crippen LogP contribution >= 0.6 is 0 Å². The highest BCUT2D eigenvalue weighted by molar-refractivity contribution is 5.70. The topological polar surface area (TPSA) is 74.4 Å². The summed E-state index contributed by atoms with van der Waals surface area (Å²) in [7, 11) is 1.61. The summed E-state index contributed by atoms with van der Waals surface area (Å²) >= 11 is 0. The van der Waals surface area contributed by atoms with E-state index in [4.69, 9.17) is 15.2 Å². The lowest BCUT2D eigenvalue weighted by Crippen LogP contribution is -2.18. The molecule has 0 saturated carbocycles. The smallest absolute Gasteiger partial charge is 0.308 e. The molecule has 1 aromatic heterocycles. The van der Waals surface area contributed by atoms with E-state index in [2.05, 4.69) is 4.98 Å². The summed E-state index contributed by atoms with van der Waals surface area (Å²) in [5.74, 6) is 0.431. The monoisotopic (exact) mass is 300 g/mol. The van der Waals surface area contributed by atoms with Crippen LogP contribution in [0.4, 0.5) is 0 Å². The number of methoxy groups -OCH3 is 1. The molecule has 0 aliphatic heterocycles. The van der Waals surface area contributed by atoms with Gasteiger partial charge in [-0.1, -0.05) is 18.2 Å². The van der Waals surface area contributed by atoms with Gasteiger partial charge in [0, 0.05) is 18.4 Å². The number of esters is 1. The molecule has 2 atom stereocenters. The van der Waals surface area contributed by atoms with Crippen molar-refractivity contribution >= 4 is 5.97 Å². The van der Waals surface area contributed by atoms with Crippen LogP contribution in [0.15, 0.2) is 48.8 Å². The Bertz CT molecular complexity index is 599. The average Bonchev–Trinajstić information content (AvgIpc) is 2.55. The van der Waals surface area contributed by atoms with Gasteiger partial charge in [0.05, 0.1) is 13.5 Å². The van der Waals surface area contributed by atoms with Crippen LogP contribution in [-0.2, 0) is 9.53 Å². The minimum atomic E-state index is -0.413. The van der Waals surface area contributed by atoms with Crippen LogP contribution in [0.2, 0.25) is 0 Å². The van der Waals surface area contributed by atoms with Gasteiger partial charge in [-0.15, -0.1) is 0 Å². The number of hydrogen-bond acceptors (Lipinski definition) is 5. The molecule has 116 valence electrons. The fourth-order valence-electron chi connectivity index (χ4n) is 2.08. The Labute approximate surface area is 130 Å². The standard InChI is InChI=1S/C17H20N2O3/c1-12(13-5-7-15(21-2)8-6-13)22-17(20)10-16(18)14-4-3-9-19-11-14/h3-9,11-12,16H,10,18H2,1-2H3. The maximum Gasteiger partial charge on any atom is 0.308 e. The number of nitrogens with zero attached hydrogens (tertiary/aromatic N) is 1. The van der Waals surface area contributed by atoms with E-state index in [-0.39, 0.29) is 18.5 Å². The highest BCUT2D eigenvalue weighted by atomic mass is 16.5. The zero-order valence-electron chi connectivity index (χ0n) is 12.7. The second-order valence-electron chi connectivity index (χ2n) is 5.00. The van der Waals surface area contributed by atoms with E-state index in [1.165, 1.54) is 0 Å². The van der Waals surface area contributed by atoms with Gasteiger partial charge in [-0.05, 0) is 36.2 Å². The number of rotatable bonds is 6. The fourth-order valence-corrected chi connectivity index (χ4v) is 2.08. The predicted octanol–water partition coefficient (Wildman–Crippen LogP) is 2.78. The molecule has 0 aliphatic carbocycles. The van der Waals surface area contributed by atoms with Crippen molar-refractivity contribution in [3.8, 4) is 5.75 Å². The lowest BCUT2D eigenvalue weighted by molar-refractivity contribution is -0.149. The van der Waals surface area contributed by atoms with Crippen LogP contribution in [0.1, 0.15) is 36.6 Å². The van der Waals surface area contributed by atoms with Crippen molar-refractivity contribution in [3.63, 3.8) is 0 Å². The van der Waals surface area contributed by atoms with Crippen molar-refractivity contribution in [3.05, 3.63) is 59.9 Å². The third-order valence-corrected chi connectivity index (χ3v) is 3.39. The Morgan fingerprint density at radius 2 is 1.95 bits per heavy atom. The molecule has 2 unspecified atom stereocenters. The Hall–Kier alpha value is -2.40. The van der Waals surface area contributed by atoms with Gasteiger partial charge >= 0.3 is 5.97 Å². The van der Waals surface area contributed by atoms with Gasteiger partial charge in [-0.25, -0.2) is 0 Å². The first-order valence-electron chi connectivity index (χ1n) is 7.09. The number of aromatic nitrogens is 1. The molecule has 2 N–H and O–H groups in total. The maximum absolute atomic E-state index is 12.0. The largest absolute Gasteiger partial charge is 0.497 e. The first-order chi connectivity index (χ1) is 10.6. The molecule has 1 aromatic carbocycles. The Balaban J connectivity index is 1.90. The molecule has 0 radical (unpaired) electrons. The van der Waals surface area contributed by atoms with E-state index >= 15 is 0 Å². The summed E-state index contributed by atoms with van der Waals surface area (Å²) < 4.78 is 10.5. The van der Waals surface area contributed by atoms with Crippen molar-refractivity contribution in [2.24, 2.45) is 5.73 Å². The summed E-state index contributed by atoms with van der Waals surface area (Å²) in [6, 6.07) is 10.6. The van der Waals surface area contributed by atoms with Crippen LogP contribution < -0.4 is 10.5 Å². The second-order valence-corrected chi connectivity index (χ2v) is 5.00. The maximum atomic E-state index is 12.0. The lowest BCUT2D eigenvalue weighted by Gasteiger charge is -2.16. The molecular formula is C17H20N2O3. The molecule has 0 bridgehead atoms. The molecule has 0 spiro atoms. The van der Waals surface area contributed by atoms with Gasteiger partial charge < -0.3 is 15.2 Å². The van der Waals surface area contributed by atoms with Gasteiger partial charge in [0.1, 0.15) is 11.9 Å². The summed E-state index contributed by atoms with van der Waals surface area (Å²) in [6.45, 7) is 1.83. The molecule has 1 heterocycles. The minimum Gasteiger partial charge on any atom is -0.497 e. The van der Waals surface area contributed by atoms with Gasteiger partial charge in [0.2, 0.25) is 0 Å². The summed E-state index contributed by atoms with van der Waals surface area (Å²) in [5, 5.41) is 0. The predicted molar refractivity (Wildman–Crippen MR) is 83.3 cm³/mol. The third kappa shape index (κ3) is 4.30. The first kappa shape index (κ1) is 16.0. The number of carbonyl (C=O) groups excluding carboxylic acids is 1. The van der Waals surface area contributed by atoms with Crippen molar-refractivity contribution in [1.29, 1.82) is 0 Å². The Morgan fingerprint density at radius 3 is 2.55 bits per heavy atom. The quantitative estimate of drug-likeness (QED) is 0.830. The summed E-state index contributed by atoms with van der Waals surface area (Å²) in [6.07, 6.45) is 3.11. The van der Waals surface area contributed by atoms with Gasteiger partial charge in [0.25, 0.3) is 0 Å². The number of benzene rings is 1. The van der Waals surface area contributed by atoms with Crippen molar-refractivity contribution in [2.45, 2.75) is 25.5 Å². The number of nitrogens with two attached hydrogens (primary N) is 1. The van der Waals surface area contributed by atoms with Crippen molar-refractivity contribution < 1.29 is 14.3 Å². The molecule has 2 rings (SSSR count). The minimum absolute atomic E-state index is 0.117. The lowest BCUT2D eigenvalue weighted by atomic mass is 10.1. The second kappa shape index (κ2) is 7.56. The van der Waals surface area contributed by atoms with Gasteiger partial charge in [0.15, 0.2) is 0 Å². The first-order valence-corrected chi connectivity index (χ1v) is 7.09. The Morgan fingerprint density at radius 1 is 1.23 bits per heavy atom. The number of hydrogen-bond donors (Lipinski definition) is 1. The van der Waals surface area contributed by atoms with E-state index in [1.54, 1.807) is 25.6 Å². The molecular weight excluding hydrogens is 280 g/mol. The number of carbonyl (C=O) groups is 1. The summed E-state index contributed by atoms with van der Waals surface area (Å²) in [5.41, 5.74) is 7.71. The fraction of sp³-hybridized carbons (Fsp3) is 0.294. The molecule has 5 heteroatoms. The van der Waals surface area contributed by atoms with E-state index in [1.807, 2.05) is 37.3 Å². The molecule has 22 heavy (non-hydrogen) atoms. The van der Waals surface area contributed by atoms with Crippen molar-refractivity contribution in [2.75, 3.05) is 7.11 Å².